The molecule has 0 saturated carbocycles. The van der Waals surface area contributed by atoms with Crippen molar-refractivity contribution in [2.24, 2.45) is 5.73 Å². The van der Waals surface area contributed by atoms with E-state index >= 15 is 0 Å². The first kappa shape index (κ1) is 33.6. The predicted octanol–water partition coefficient (Wildman–Crippen LogP) is 4.63. The fraction of sp³-hybridized carbons (Fsp3) is 0.321. The Kier molecular flexibility index (Phi) is 11.1. The van der Waals surface area contributed by atoms with E-state index in [0.29, 0.717) is 48.4 Å². The van der Waals surface area contributed by atoms with E-state index in [2.05, 4.69) is 25.9 Å². The molecule has 3 aromatic rings. The van der Waals surface area contributed by atoms with Gasteiger partial charge in [-0.05, 0) is 56.1 Å². The van der Waals surface area contributed by atoms with E-state index in [0.717, 1.165) is 29.0 Å². The highest BCUT2D eigenvalue weighted by atomic mass is 19.4. The van der Waals surface area contributed by atoms with Crippen LogP contribution in [0.3, 0.4) is 0 Å². The standard InChI is InChI=1S/C26H29F2N7O2.C2HF3O2/c1-3-11-30-24(36)16-9-8-15(2)17(13-16)21-18-14-32-26(37)35(22-19(27)6-4-7-20(22)28)23(18)34-25(33-21)31-12-5-10-29;3-2(4,5)1(6)7/h4,6-9,13H,3,5,10-12,14,29H2,1-2H3,(H,30,36)(H,32,37)(H,31,33,34);(H,6,7). The molecule has 0 atom stereocenters. The smallest absolute Gasteiger partial charge is 0.475 e. The van der Waals surface area contributed by atoms with Crippen LogP contribution in [0, 0.1) is 18.6 Å². The van der Waals surface area contributed by atoms with E-state index in [1.165, 1.54) is 6.07 Å². The predicted molar refractivity (Wildman–Crippen MR) is 151 cm³/mol. The molecule has 0 fully saturated rings. The Morgan fingerprint density at radius 3 is 2.36 bits per heavy atom. The number of carbonyl (C=O) groups is 3. The van der Waals surface area contributed by atoms with Gasteiger partial charge in [0.25, 0.3) is 5.91 Å². The number of anilines is 3. The van der Waals surface area contributed by atoms with Crippen LogP contribution in [0.15, 0.2) is 36.4 Å². The summed E-state index contributed by atoms with van der Waals surface area (Å²) in [5.74, 6) is -4.59. The van der Waals surface area contributed by atoms with Crippen LogP contribution in [0.5, 0.6) is 0 Å². The third kappa shape index (κ3) is 7.94. The molecule has 6 N–H and O–H groups in total. The number of alkyl halides is 3. The minimum Gasteiger partial charge on any atom is -0.475 e. The van der Waals surface area contributed by atoms with E-state index in [1.54, 1.807) is 12.1 Å². The van der Waals surface area contributed by atoms with Crippen LogP contribution in [-0.2, 0) is 11.3 Å². The SMILES string of the molecule is CCCNC(=O)c1ccc(C)c(-c2nc(NCCCN)nc3c2CNC(=O)N3c2c(F)cccc2F)c1.O=C(O)C(F)(F)F. The van der Waals surface area contributed by atoms with E-state index in [9.17, 15) is 31.5 Å². The van der Waals surface area contributed by atoms with Crippen LogP contribution >= 0.6 is 0 Å². The Hall–Kier alpha value is -4.86. The Morgan fingerprint density at radius 2 is 1.77 bits per heavy atom. The fourth-order valence-electron chi connectivity index (χ4n) is 4.03. The van der Waals surface area contributed by atoms with Crippen molar-refractivity contribution in [2.75, 3.05) is 29.9 Å². The van der Waals surface area contributed by atoms with E-state index in [1.807, 2.05) is 19.9 Å². The maximum atomic E-state index is 14.8. The number of benzene rings is 2. The monoisotopic (exact) mass is 623 g/mol. The molecule has 2 heterocycles. The number of halogens is 5. The maximum Gasteiger partial charge on any atom is 0.490 e. The first-order valence-corrected chi connectivity index (χ1v) is 13.4. The number of nitrogens with two attached hydrogens (primary N) is 1. The normalized spacial score (nSPS) is 12.5. The van der Waals surface area contributed by atoms with Gasteiger partial charge in [-0.1, -0.05) is 19.1 Å². The number of carboxylic acids is 1. The molecular weight excluding hydrogens is 593 g/mol. The Labute approximate surface area is 248 Å². The van der Waals surface area contributed by atoms with Crippen LogP contribution in [-0.4, -0.2) is 58.8 Å². The average Bonchev–Trinajstić information content (AvgIpc) is 2.96. The number of aliphatic carboxylic acids is 1. The van der Waals surface area contributed by atoms with Crippen LogP contribution in [0.2, 0.25) is 0 Å². The van der Waals surface area contributed by atoms with Gasteiger partial charge in [-0.3, -0.25) is 4.79 Å². The number of nitrogens with one attached hydrogen (secondary N) is 3. The largest absolute Gasteiger partial charge is 0.490 e. The number of carboxylic acid groups (broad SMARTS) is 1. The van der Waals surface area contributed by atoms with Crippen molar-refractivity contribution in [3.8, 4) is 11.3 Å². The molecule has 0 saturated heterocycles. The molecule has 2 aromatic carbocycles. The highest BCUT2D eigenvalue weighted by Gasteiger charge is 2.38. The van der Waals surface area contributed by atoms with Crippen LogP contribution in [0.25, 0.3) is 11.3 Å². The lowest BCUT2D eigenvalue weighted by atomic mass is 9.97. The van der Waals surface area contributed by atoms with Crippen molar-refractivity contribution in [2.45, 2.75) is 39.4 Å². The molecule has 4 rings (SSSR count). The molecule has 1 aliphatic heterocycles. The highest BCUT2D eigenvalue weighted by Crippen LogP contribution is 2.39. The van der Waals surface area contributed by atoms with Gasteiger partial charge in [0.2, 0.25) is 5.95 Å². The Balaban J connectivity index is 0.000000676. The van der Waals surface area contributed by atoms with E-state index < -0.39 is 35.5 Å². The van der Waals surface area contributed by atoms with Crippen LogP contribution in [0.4, 0.5) is 44.2 Å². The molecule has 3 amide bonds. The summed E-state index contributed by atoms with van der Waals surface area (Å²) >= 11 is 0. The summed E-state index contributed by atoms with van der Waals surface area (Å²) in [6, 6.07) is 7.90. The number of carbonyl (C=O) groups excluding carboxylic acids is 2. The molecule has 236 valence electrons. The number of hydrogen-bond donors (Lipinski definition) is 5. The zero-order chi connectivity index (χ0) is 32.6. The number of nitrogens with zero attached hydrogens (tertiary/aromatic N) is 3. The van der Waals surface area contributed by atoms with Gasteiger partial charge in [-0.2, -0.15) is 18.2 Å². The summed E-state index contributed by atoms with van der Waals surface area (Å²) < 4.78 is 61.3. The number of hydrogen-bond acceptors (Lipinski definition) is 7. The van der Waals surface area contributed by atoms with Gasteiger partial charge in [-0.25, -0.2) is 28.3 Å². The lowest BCUT2D eigenvalue weighted by Gasteiger charge is -2.31. The van der Waals surface area contributed by atoms with Crippen molar-refractivity contribution in [1.82, 2.24) is 20.6 Å². The molecular formula is C28H30F5N7O4. The summed E-state index contributed by atoms with van der Waals surface area (Å²) in [5.41, 5.74) is 7.86. The van der Waals surface area contributed by atoms with Crippen molar-refractivity contribution < 1.29 is 41.4 Å². The van der Waals surface area contributed by atoms with Crippen LogP contribution < -0.4 is 26.6 Å². The van der Waals surface area contributed by atoms with Crippen molar-refractivity contribution in [3.63, 3.8) is 0 Å². The zero-order valence-corrected chi connectivity index (χ0v) is 23.7. The third-order valence-corrected chi connectivity index (χ3v) is 6.17. The molecule has 0 spiro atoms. The molecule has 44 heavy (non-hydrogen) atoms. The fourth-order valence-corrected chi connectivity index (χ4v) is 4.03. The van der Waals surface area contributed by atoms with Gasteiger partial charge in [-0.15, -0.1) is 0 Å². The van der Waals surface area contributed by atoms with Gasteiger partial charge >= 0.3 is 18.2 Å². The number of urea groups is 1. The molecule has 16 heteroatoms. The minimum absolute atomic E-state index is 0.0326. The second kappa shape index (κ2) is 14.5. The lowest BCUT2D eigenvalue weighted by molar-refractivity contribution is -0.192. The van der Waals surface area contributed by atoms with E-state index in [4.69, 9.17) is 15.6 Å². The number of aryl methyl sites for hydroxylation is 1. The quantitative estimate of drug-likeness (QED) is 0.170. The molecule has 0 bridgehead atoms. The van der Waals surface area contributed by atoms with Gasteiger partial charge in [0, 0.05) is 29.8 Å². The van der Waals surface area contributed by atoms with Gasteiger partial charge in [0.1, 0.15) is 17.3 Å². The summed E-state index contributed by atoms with van der Waals surface area (Å²) in [6.07, 6.45) is -3.65. The molecule has 11 nitrogen and oxygen atoms in total. The summed E-state index contributed by atoms with van der Waals surface area (Å²) in [5, 5.41) is 15.7. The third-order valence-electron chi connectivity index (χ3n) is 6.17. The van der Waals surface area contributed by atoms with Crippen molar-refractivity contribution in [1.29, 1.82) is 0 Å². The number of rotatable bonds is 9. The average molecular weight is 624 g/mol. The number of aromatic nitrogens is 2. The molecule has 1 aromatic heterocycles. The molecule has 1 aliphatic rings. The number of para-hydroxylation sites is 1. The highest BCUT2D eigenvalue weighted by molar-refractivity contribution is 6.02. The zero-order valence-electron chi connectivity index (χ0n) is 23.7. The summed E-state index contributed by atoms with van der Waals surface area (Å²) in [7, 11) is 0. The Morgan fingerprint density at radius 1 is 1.11 bits per heavy atom. The minimum atomic E-state index is -5.08. The maximum absolute atomic E-state index is 14.8. The summed E-state index contributed by atoms with van der Waals surface area (Å²) in [4.78, 5) is 44.5. The molecule has 0 radical (unpaired) electrons. The van der Waals surface area contributed by atoms with E-state index in [-0.39, 0.29) is 24.2 Å². The van der Waals surface area contributed by atoms with Crippen LogP contribution in [0.1, 0.15) is 41.3 Å². The van der Waals surface area contributed by atoms with Gasteiger partial charge in [0.15, 0.2) is 5.82 Å². The topological polar surface area (TPSA) is 163 Å². The Bertz CT molecular complexity index is 1510. The first-order valence-electron chi connectivity index (χ1n) is 13.4. The first-order chi connectivity index (χ1) is 20.8. The van der Waals surface area contributed by atoms with Gasteiger partial charge < -0.3 is 26.8 Å². The van der Waals surface area contributed by atoms with Crippen molar-refractivity contribution in [3.05, 3.63) is 64.7 Å². The molecule has 0 unspecified atom stereocenters. The molecule has 0 aliphatic carbocycles. The number of amides is 3. The second-order valence-corrected chi connectivity index (χ2v) is 9.42. The van der Waals surface area contributed by atoms with Crippen molar-refractivity contribution >= 4 is 35.4 Å². The lowest BCUT2D eigenvalue weighted by Crippen LogP contribution is -2.43. The number of fused-ring (bicyclic) bond motifs is 1. The van der Waals surface area contributed by atoms with Gasteiger partial charge in [0.05, 0.1) is 12.2 Å². The second-order valence-electron chi connectivity index (χ2n) is 9.42. The summed E-state index contributed by atoms with van der Waals surface area (Å²) in [6.45, 7) is 5.29.